The molecule has 1 aromatic heterocycles. The topological polar surface area (TPSA) is 54.0 Å². The molecule has 2 N–H and O–H groups in total. The second kappa shape index (κ2) is 9.82. The van der Waals surface area contributed by atoms with E-state index < -0.39 is 0 Å². The first-order chi connectivity index (χ1) is 10.2. The van der Waals surface area contributed by atoms with E-state index in [1.54, 1.807) is 11.3 Å². The normalized spacial score (nSPS) is 25.3. The van der Waals surface area contributed by atoms with Crippen LogP contribution in [0.15, 0.2) is 5.38 Å². The van der Waals surface area contributed by atoms with Crippen LogP contribution in [0, 0.1) is 5.92 Å². The molecule has 3 heterocycles. The molecule has 2 unspecified atom stereocenters. The highest BCUT2D eigenvalue weighted by molar-refractivity contribution is 7.09. The zero-order chi connectivity index (χ0) is 14.7. The van der Waals surface area contributed by atoms with Crippen molar-refractivity contribution in [2.24, 2.45) is 5.92 Å². The van der Waals surface area contributed by atoms with Gasteiger partial charge in [-0.05, 0) is 38.0 Å². The summed E-state index contributed by atoms with van der Waals surface area (Å²) < 4.78 is 0. The van der Waals surface area contributed by atoms with E-state index in [0.717, 1.165) is 18.5 Å². The minimum atomic E-state index is 0. The Bertz CT molecular complexity index is 485. The van der Waals surface area contributed by atoms with Crippen molar-refractivity contribution in [2.75, 3.05) is 6.54 Å². The maximum absolute atomic E-state index is 12.0. The third-order valence-corrected chi connectivity index (χ3v) is 5.69. The van der Waals surface area contributed by atoms with E-state index in [4.69, 9.17) is 0 Å². The van der Waals surface area contributed by atoms with Crippen LogP contribution >= 0.6 is 36.2 Å². The van der Waals surface area contributed by atoms with E-state index in [2.05, 4.69) is 27.9 Å². The smallest absolute Gasteiger partial charge is 0.220 e. The van der Waals surface area contributed by atoms with Crippen LogP contribution in [-0.2, 0) is 17.6 Å². The molecule has 2 aliphatic rings. The van der Waals surface area contributed by atoms with Gasteiger partial charge in [-0.15, -0.1) is 36.2 Å². The molecule has 2 bridgehead atoms. The third-order valence-electron chi connectivity index (χ3n) is 4.65. The first-order valence-corrected chi connectivity index (χ1v) is 9.07. The van der Waals surface area contributed by atoms with Gasteiger partial charge in [0.15, 0.2) is 0 Å². The van der Waals surface area contributed by atoms with Crippen molar-refractivity contribution in [3.05, 3.63) is 16.1 Å². The number of rotatable bonds is 6. The predicted octanol–water partition coefficient (Wildman–Crippen LogP) is 3.13. The Morgan fingerprint density at radius 2 is 2.04 bits per heavy atom. The summed E-state index contributed by atoms with van der Waals surface area (Å²) in [7, 11) is 0. The highest BCUT2D eigenvalue weighted by Crippen LogP contribution is 2.32. The van der Waals surface area contributed by atoms with Gasteiger partial charge < -0.3 is 10.6 Å². The number of fused-ring (bicyclic) bond motifs is 2. The van der Waals surface area contributed by atoms with Crippen LogP contribution in [0.5, 0.6) is 0 Å². The van der Waals surface area contributed by atoms with Crippen molar-refractivity contribution in [1.29, 1.82) is 0 Å². The van der Waals surface area contributed by atoms with Crippen molar-refractivity contribution in [3.8, 4) is 0 Å². The molecule has 3 rings (SSSR count). The van der Waals surface area contributed by atoms with Crippen LogP contribution in [0.3, 0.4) is 0 Å². The van der Waals surface area contributed by atoms with Crippen LogP contribution in [-0.4, -0.2) is 29.5 Å². The molecule has 2 saturated heterocycles. The summed E-state index contributed by atoms with van der Waals surface area (Å²) in [5.41, 5.74) is 1.11. The molecule has 1 amide bonds. The maximum atomic E-state index is 12.0. The van der Waals surface area contributed by atoms with E-state index in [1.165, 1.54) is 30.7 Å². The average molecular weight is 380 g/mol. The van der Waals surface area contributed by atoms with E-state index in [9.17, 15) is 4.79 Å². The third kappa shape index (κ3) is 5.89. The molecule has 7 heteroatoms. The van der Waals surface area contributed by atoms with Crippen LogP contribution in [0.25, 0.3) is 0 Å². The van der Waals surface area contributed by atoms with Crippen LogP contribution in [0.2, 0.25) is 0 Å². The molecular weight excluding hydrogens is 353 g/mol. The molecule has 2 atom stereocenters. The molecule has 0 radical (unpaired) electrons. The zero-order valence-corrected chi connectivity index (χ0v) is 16.0. The van der Waals surface area contributed by atoms with Crippen molar-refractivity contribution in [3.63, 3.8) is 0 Å². The predicted molar refractivity (Wildman–Crippen MR) is 100.0 cm³/mol. The first kappa shape index (κ1) is 20.7. The number of aryl methyl sites for hydroxylation is 1. The van der Waals surface area contributed by atoms with Gasteiger partial charge in [-0.2, -0.15) is 0 Å². The fourth-order valence-corrected chi connectivity index (χ4v) is 4.41. The molecule has 0 saturated carbocycles. The number of carbonyl (C=O) groups is 1. The van der Waals surface area contributed by atoms with E-state index in [-0.39, 0.29) is 30.7 Å². The second-order valence-electron chi connectivity index (χ2n) is 6.37. The van der Waals surface area contributed by atoms with Crippen molar-refractivity contribution >= 4 is 42.1 Å². The molecule has 0 spiro atoms. The van der Waals surface area contributed by atoms with Crippen molar-refractivity contribution in [2.45, 2.75) is 64.0 Å². The summed E-state index contributed by atoms with van der Waals surface area (Å²) in [5.74, 6) is 0.793. The quantitative estimate of drug-likeness (QED) is 0.797. The SMILES string of the molecule is CCc1nc(CCNC(=O)CC2CC3CCC(C2)N3)cs1.Cl.Cl. The van der Waals surface area contributed by atoms with Gasteiger partial charge in [-0.1, -0.05) is 6.92 Å². The average Bonchev–Trinajstić information content (AvgIpc) is 3.05. The van der Waals surface area contributed by atoms with E-state index in [0.29, 0.717) is 31.0 Å². The fourth-order valence-electron chi connectivity index (χ4n) is 3.63. The number of piperidine rings is 1. The van der Waals surface area contributed by atoms with Gasteiger partial charge in [0.25, 0.3) is 0 Å². The Morgan fingerprint density at radius 3 is 2.65 bits per heavy atom. The lowest BCUT2D eigenvalue weighted by Gasteiger charge is -2.28. The summed E-state index contributed by atoms with van der Waals surface area (Å²) in [4.78, 5) is 16.6. The molecule has 0 aromatic carbocycles. The van der Waals surface area contributed by atoms with Crippen molar-refractivity contribution in [1.82, 2.24) is 15.6 Å². The van der Waals surface area contributed by atoms with Crippen molar-refractivity contribution < 1.29 is 4.79 Å². The van der Waals surface area contributed by atoms with Gasteiger partial charge >= 0.3 is 0 Å². The van der Waals surface area contributed by atoms with Gasteiger partial charge in [0.05, 0.1) is 10.7 Å². The lowest BCUT2D eigenvalue weighted by molar-refractivity contribution is -0.122. The molecule has 132 valence electrons. The summed E-state index contributed by atoms with van der Waals surface area (Å²) >= 11 is 1.71. The number of nitrogens with one attached hydrogen (secondary N) is 2. The Morgan fingerprint density at radius 1 is 1.35 bits per heavy atom. The minimum Gasteiger partial charge on any atom is -0.356 e. The molecule has 0 aliphatic carbocycles. The monoisotopic (exact) mass is 379 g/mol. The first-order valence-electron chi connectivity index (χ1n) is 8.19. The van der Waals surface area contributed by atoms with Crippen LogP contribution in [0.1, 0.15) is 49.7 Å². The Labute approximate surface area is 155 Å². The minimum absolute atomic E-state index is 0. The number of halogens is 2. The Kier molecular flexibility index (Phi) is 8.83. The lowest BCUT2D eigenvalue weighted by Crippen LogP contribution is -2.39. The van der Waals surface area contributed by atoms with Gasteiger partial charge in [0.2, 0.25) is 5.91 Å². The highest BCUT2D eigenvalue weighted by Gasteiger charge is 2.34. The molecule has 23 heavy (non-hydrogen) atoms. The number of thiazole rings is 1. The van der Waals surface area contributed by atoms with Crippen LogP contribution in [0.4, 0.5) is 0 Å². The number of aromatic nitrogens is 1. The Hall–Kier alpha value is -0.360. The summed E-state index contributed by atoms with van der Waals surface area (Å²) in [6.07, 6.45) is 7.49. The standard InChI is InChI=1S/C16H25N3OS.2ClH/c1-2-16-19-14(10-21-16)5-6-17-15(20)9-11-7-12-3-4-13(8-11)18-12;;/h10-13,18H,2-9H2,1H3,(H,17,20);2*1H. The maximum Gasteiger partial charge on any atom is 0.220 e. The van der Waals surface area contributed by atoms with Crippen LogP contribution < -0.4 is 10.6 Å². The second-order valence-corrected chi connectivity index (χ2v) is 7.31. The number of carbonyl (C=O) groups excluding carboxylic acids is 1. The lowest BCUT2D eigenvalue weighted by atomic mass is 9.89. The number of nitrogens with zero attached hydrogens (tertiary/aromatic N) is 1. The number of hydrogen-bond donors (Lipinski definition) is 2. The van der Waals surface area contributed by atoms with E-state index in [1.807, 2.05) is 0 Å². The molecule has 1 aromatic rings. The zero-order valence-electron chi connectivity index (χ0n) is 13.5. The Balaban J connectivity index is 0.00000132. The van der Waals surface area contributed by atoms with E-state index >= 15 is 0 Å². The summed E-state index contributed by atoms with van der Waals surface area (Å²) in [6, 6.07) is 1.34. The fraction of sp³-hybridized carbons (Fsp3) is 0.750. The largest absolute Gasteiger partial charge is 0.356 e. The highest BCUT2D eigenvalue weighted by atomic mass is 35.5. The van der Waals surface area contributed by atoms with Gasteiger partial charge in [-0.25, -0.2) is 4.98 Å². The summed E-state index contributed by atoms with van der Waals surface area (Å²) in [5, 5.41) is 9.98. The van der Waals surface area contributed by atoms with Gasteiger partial charge in [0.1, 0.15) is 0 Å². The summed E-state index contributed by atoms with van der Waals surface area (Å²) in [6.45, 7) is 2.83. The molecular formula is C16H27Cl2N3OS. The van der Waals surface area contributed by atoms with Gasteiger partial charge in [-0.3, -0.25) is 4.79 Å². The number of hydrogen-bond acceptors (Lipinski definition) is 4. The molecule has 4 nitrogen and oxygen atoms in total. The molecule has 2 aliphatic heterocycles. The van der Waals surface area contributed by atoms with Gasteiger partial charge in [0, 0.05) is 36.9 Å². The molecule has 2 fully saturated rings. The number of amides is 1.